The first-order chi connectivity index (χ1) is 12.3. The number of carbonyl (C=O) groups excluding carboxylic acids is 1. The van der Waals surface area contributed by atoms with Gasteiger partial charge in [-0.1, -0.05) is 35.9 Å². The van der Waals surface area contributed by atoms with E-state index >= 15 is 0 Å². The zero-order valence-corrected chi connectivity index (χ0v) is 16.0. The van der Waals surface area contributed by atoms with Gasteiger partial charge >= 0.3 is 0 Å². The highest BCUT2D eigenvalue weighted by Gasteiger charge is 2.18. The van der Waals surface area contributed by atoms with Crippen LogP contribution in [0.25, 0.3) is 0 Å². The maximum absolute atomic E-state index is 12.2. The van der Waals surface area contributed by atoms with E-state index in [1.165, 1.54) is 4.31 Å². The molecule has 0 aliphatic rings. The number of amides is 1. The summed E-state index contributed by atoms with van der Waals surface area (Å²) < 4.78 is 30.5. The van der Waals surface area contributed by atoms with Crippen molar-refractivity contribution in [1.29, 1.82) is 0 Å². The summed E-state index contributed by atoms with van der Waals surface area (Å²) in [4.78, 5) is 12.2. The SMILES string of the molecule is COc1cccc(NC(=O)CCN(Cc2cccc(C)c2)S(C)(=O)=O)c1. The van der Waals surface area contributed by atoms with E-state index in [-0.39, 0.29) is 25.4 Å². The third-order valence-corrected chi connectivity index (χ3v) is 5.10. The molecule has 7 heteroatoms. The van der Waals surface area contributed by atoms with Gasteiger partial charge in [-0.15, -0.1) is 0 Å². The summed E-state index contributed by atoms with van der Waals surface area (Å²) in [7, 11) is -1.87. The molecular formula is C19H24N2O4S. The fourth-order valence-corrected chi connectivity index (χ4v) is 3.33. The highest BCUT2D eigenvalue weighted by Crippen LogP contribution is 2.17. The van der Waals surface area contributed by atoms with E-state index in [9.17, 15) is 13.2 Å². The molecule has 6 nitrogen and oxygen atoms in total. The van der Waals surface area contributed by atoms with Gasteiger partial charge in [-0.2, -0.15) is 4.31 Å². The Morgan fingerprint density at radius 1 is 1.15 bits per heavy atom. The molecule has 0 heterocycles. The maximum Gasteiger partial charge on any atom is 0.225 e. The molecule has 2 aromatic carbocycles. The van der Waals surface area contributed by atoms with Gasteiger partial charge < -0.3 is 10.1 Å². The molecule has 0 atom stereocenters. The van der Waals surface area contributed by atoms with Gasteiger partial charge in [-0.3, -0.25) is 4.79 Å². The van der Waals surface area contributed by atoms with Crippen molar-refractivity contribution < 1.29 is 17.9 Å². The lowest BCUT2D eigenvalue weighted by Crippen LogP contribution is -2.32. The van der Waals surface area contributed by atoms with E-state index in [2.05, 4.69) is 5.32 Å². The average molecular weight is 376 g/mol. The van der Waals surface area contributed by atoms with E-state index in [1.54, 1.807) is 31.4 Å². The number of aryl methyl sites for hydroxylation is 1. The van der Waals surface area contributed by atoms with Gasteiger partial charge in [0.25, 0.3) is 0 Å². The maximum atomic E-state index is 12.2. The zero-order valence-electron chi connectivity index (χ0n) is 15.2. The van der Waals surface area contributed by atoms with Crippen molar-refractivity contribution in [1.82, 2.24) is 4.31 Å². The Morgan fingerprint density at radius 3 is 2.54 bits per heavy atom. The first-order valence-electron chi connectivity index (χ1n) is 8.22. The van der Waals surface area contributed by atoms with Crippen LogP contribution < -0.4 is 10.1 Å². The predicted molar refractivity (Wildman–Crippen MR) is 103 cm³/mol. The summed E-state index contributed by atoms with van der Waals surface area (Å²) >= 11 is 0. The van der Waals surface area contributed by atoms with Crippen LogP contribution in [0.1, 0.15) is 17.5 Å². The number of nitrogens with zero attached hydrogens (tertiary/aromatic N) is 1. The van der Waals surface area contributed by atoms with Crippen LogP contribution in [0.2, 0.25) is 0 Å². The van der Waals surface area contributed by atoms with Crippen LogP contribution in [-0.2, 0) is 21.4 Å². The summed E-state index contributed by atoms with van der Waals surface area (Å²) in [5, 5.41) is 2.76. The highest BCUT2D eigenvalue weighted by molar-refractivity contribution is 7.88. The van der Waals surface area contributed by atoms with Crippen molar-refractivity contribution in [3.63, 3.8) is 0 Å². The first-order valence-corrected chi connectivity index (χ1v) is 10.1. The van der Waals surface area contributed by atoms with Crippen molar-refractivity contribution in [2.45, 2.75) is 19.9 Å². The minimum atomic E-state index is -3.42. The summed E-state index contributed by atoms with van der Waals surface area (Å²) in [6, 6.07) is 14.7. The molecule has 140 valence electrons. The molecule has 0 spiro atoms. The summed E-state index contributed by atoms with van der Waals surface area (Å²) in [5.41, 5.74) is 2.56. The molecule has 0 aliphatic heterocycles. The van der Waals surface area contributed by atoms with Crippen LogP contribution in [0.5, 0.6) is 5.75 Å². The quantitative estimate of drug-likeness (QED) is 0.769. The Hall–Kier alpha value is -2.38. The van der Waals surface area contributed by atoms with Gasteiger partial charge in [-0.25, -0.2) is 8.42 Å². The molecule has 1 amide bonds. The number of hydrogen-bond acceptors (Lipinski definition) is 4. The summed E-state index contributed by atoms with van der Waals surface area (Å²) in [6.07, 6.45) is 1.22. The largest absolute Gasteiger partial charge is 0.497 e. The summed E-state index contributed by atoms with van der Waals surface area (Å²) in [5.74, 6) is 0.385. The van der Waals surface area contributed by atoms with Gasteiger partial charge in [0.1, 0.15) is 5.75 Å². The molecule has 1 N–H and O–H groups in total. The highest BCUT2D eigenvalue weighted by atomic mass is 32.2. The summed E-state index contributed by atoms with van der Waals surface area (Å²) in [6.45, 7) is 2.31. The molecule has 26 heavy (non-hydrogen) atoms. The third kappa shape index (κ3) is 6.16. The molecule has 2 aromatic rings. The fourth-order valence-electron chi connectivity index (χ4n) is 2.53. The molecule has 0 saturated heterocycles. The number of sulfonamides is 1. The van der Waals surface area contributed by atoms with E-state index in [1.807, 2.05) is 31.2 Å². The van der Waals surface area contributed by atoms with Crippen molar-refractivity contribution in [3.05, 3.63) is 59.7 Å². The smallest absolute Gasteiger partial charge is 0.225 e. The Labute approximate surface area is 154 Å². The van der Waals surface area contributed by atoms with Crippen molar-refractivity contribution in [3.8, 4) is 5.75 Å². The second-order valence-electron chi connectivity index (χ2n) is 6.12. The fraction of sp³-hybridized carbons (Fsp3) is 0.316. The standard InChI is InChI=1S/C19H24N2O4S/c1-15-6-4-7-16(12-15)14-21(26(3,23)24)11-10-19(22)20-17-8-5-9-18(13-17)25-2/h4-9,12-13H,10-11,14H2,1-3H3,(H,20,22). The van der Waals surface area contributed by atoms with Crippen molar-refractivity contribution in [2.24, 2.45) is 0 Å². The van der Waals surface area contributed by atoms with Crippen LogP contribution in [0, 0.1) is 6.92 Å². The molecule has 2 rings (SSSR count). The molecule has 0 fully saturated rings. The number of rotatable bonds is 8. The Balaban J connectivity index is 1.99. The van der Waals surface area contributed by atoms with Crippen LogP contribution >= 0.6 is 0 Å². The number of hydrogen-bond donors (Lipinski definition) is 1. The van der Waals surface area contributed by atoms with Gasteiger partial charge in [0.2, 0.25) is 15.9 Å². The van der Waals surface area contributed by atoms with E-state index in [0.29, 0.717) is 11.4 Å². The van der Waals surface area contributed by atoms with Crippen LogP contribution in [0.15, 0.2) is 48.5 Å². The molecule has 0 saturated carbocycles. The Bertz CT molecular complexity index is 865. The Kier molecular flexibility index (Phi) is 6.76. The first kappa shape index (κ1) is 19.9. The molecule has 0 radical (unpaired) electrons. The van der Waals surface area contributed by atoms with Gasteiger partial charge in [-0.05, 0) is 24.6 Å². The van der Waals surface area contributed by atoms with Gasteiger partial charge in [0.05, 0.1) is 13.4 Å². The Morgan fingerprint density at radius 2 is 1.88 bits per heavy atom. The number of methoxy groups -OCH3 is 1. The zero-order chi connectivity index (χ0) is 19.2. The lowest BCUT2D eigenvalue weighted by molar-refractivity contribution is -0.116. The number of carbonyl (C=O) groups is 1. The lowest BCUT2D eigenvalue weighted by atomic mass is 10.1. The second-order valence-corrected chi connectivity index (χ2v) is 8.10. The van der Waals surface area contributed by atoms with Crippen molar-refractivity contribution in [2.75, 3.05) is 25.2 Å². The lowest BCUT2D eigenvalue weighted by Gasteiger charge is -2.20. The number of benzene rings is 2. The number of ether oxygens (including phenoxy) is 1. The molecule has 0 aromatic heterocycles. The van der Waals surface area contributed by atoms with Gasteiger partial charge in [0, 0.05) is 31.3 Å². The van der Waals surface area contributed by atoms with Crippen LogP contribution in [-0.4, -0.2) is 38.5 Å². The van der Waals surface area contributed by atoms with Crippen LogP contribution in [0.3, 0.4) is 0 Å². The van der Waals surface area contributed by atoms with E-state index in [4.69, 9.17) is 4.74 Å². The molecule has 0 bridgehead atoms. The second kappa shape index (κ2) is 8.82. The third-order valence-electron chi connectivity index (χ3n) is 3.85. The average Bonchev–Trinajstić information content (AvgIpc) is 2.57. The van der Waals surface area contributed by atoms with Gasteiger partial charge in [0.15, 0.2) is 0 Å². The monoisotopic (exact) mass is 376 g/mol. The van der Waals surface area contributed by atoms with Crippen LogP contribution in [0.4, 0.5) is 5.69 Å². The normalized spacial score (nSPS) is 11.4. The molecular weight excluding hydrogens is 352 g/mol. The number of anilines is 1. The number of nitrogens with one attached hydrogen (secondary N) is 1. The molecule has 0 unspecified atom stereocenters. The molecule has 0 aliphatic carbocycles. The topological polar surface area (TPSA) is 75.7 Å². The van der Waals surface area contributed by atoms with E-state index in [0.717, 1.165) is 17.4 Å². The minimum absolute atomic E-state index is 0.0656. The van der Waals surface area contributed by atoms with E-state index < -0.39 is 10.0 Å². The minimum Gasteiger partial charge on any atom is -0.497 e. The predicted octanol–water partition coefficient (Wildman–Crippen LogP) is 2.79. The van der Waals surface area contributed by atoms with Crippen molar-refractivity contribution >= 4 is 21.6 Å².